The number of carboxylic acid groups (broad SMARTS) is 1. The first-order chi connectivity index (χ1) is 13.5. The summed E-state index contributed by atoms with van der Waals surface area (Å²) >= 11 is 0. The summed E-state index contributed by atoms with van der Waals surface area (Å²) in [6.45, 7) is 3.14. The number of likely N-dealkylation sites (tertiary alicyclic amines) is 1. The lowest BCUT2D eigenvalue weighted by Gasteiger charge is -2.30. The topological polar surface area (TPSA) is 86.7 Å². The van der Waals surface area contributed by atoms with E-state index in [9.17, 15) is 14.4 Å². The molecule has 2 fully saturated rings. The van der Waals surface area contributed by atoms with Gasteiger partial charge in [-0.3, -0.25) is 14.4 Å². The van der Waals surface area contributed by atoms with E-state index in [4.69, 9.17) is 5.11 Å². The van der Waals surface area contributed by atoms with E-state index in [0.717, 1.165) is 31.6 Å². The number of carbonyl (C=O) groups is 3. The van der Waals surface area contributed by atoms with Gasteiger partial charge in [0.1, 0.15) is 0 Å². The SMILES string of the molecule is CCC1CCC(C(=O)Nc2ccc(C(=O)N3CCC(C(=O)O)CC3)cc2)CC1. The highest BCUT2D eigenvalue weighted by Gasteiger charge is 2.28. The summed E-state index contributed by atoms with van der Waals surface area (Å²) in [6.07, 6.45) is 6.34. The lowest BCUT2D eigenvalue weighted by atomic mass is 9.80. The van der Waals surface area contributed by atoms with Crippen LogP contribution in [0.3, 0.4) is 0 Å². The number of nitrogens with one attached hydrogen (secondary N) is 1. The van der Waals surface area contributed by atoms with Crippen LogP contribution in [0.1, 0.15) is 62.2 Å². The summed E-state index contributed by atoms with van der Waals surface area (Å²) in [4.78, 5) is 37.8. The van der Waals surface area contributed by atoms with Crippen molar-refractivity contribution in [1.29, 1.82) is 0 Å². The molecule has 0 spiro atoms. The van der Waals surface area contributed by atoms with Gasteiger partial charge in [0.05, 0.1) is 5.92 Å². The molecule has 0 unspecified atom stereocenters. The maximum Gasteiger partial charge on any atom is 0.306 e. The highest BCUT2D eigenvalue weighted by Crippen LogP contribution is 2.31. The summed E-state index contributed by atoms with van der Waals surface area (Å²) in [7, 11) is 0. The van der Waals surface area contributed by atoms with Crippen LogP contribution in [0.4, 0.5) is 5.69 Å². The molecule has 3 rings (SSSR count). The molecule has 1 aromatic rings. The van der Waals surface area contributed by atoms with Crippen molar-refractivity contribution in [2.24, 2.45) is 17.8 Å². The average Bonchev–Trinajstić information content (AvgIpc) is 2.74. The van der Waals surface area contributed by atoms with Gasteiger partial charge in [0.2, 0.25) is 5.91 Å². The first kappa shape index (κ1) is 20.4. The molecule has 6 nitrogen and oxygen atoms in total. The van der Waals surface area contributed by atoms with Crippen LogP contribution in [0.5, 0.6) is 0 Å². The maximum atomic E-state index is 12.6. The predicted molar refractivity (Wildman–Crippen MR) is 107 cm³/mol. The fraction of sp³-hybridized carbons (Fsp3) is 0.591. The number of rotatable bonds is 5. The van der Waals surface area contributed by atoms with Gasteiger partial charge in [0.15, 0.2) is 0 Å². The summed E-state index contributed by atoms with van der Waals surface area (Å²) in [5, 5.41) is 12.0. The van der Waals surface area contributed by atoms with E-state index in [1.807, 2.05) is 0 Å². The fourth-order valence-electron chi connectivity index (χ4n) is 4.29. The third-order valence-electron chi connectivity index (χ3n) is 6.33. The van der Waals surface area contributed by atoms with Gasteiger partial charge in [-0.05, 0) is 68.7 Å². The second kappa shape index (κ2) is 9.22. The third kappa shape index (κ3) is 4.91. The van der Waals surface area contributed by atoms with Gasteiger partial charge < -0.3 is 15.3 Å². The molecule has 6 heteroatoms. The Kier molecular flexibility index (Phi) is 6.70. The van der Waals surface area contributed by atoms with E-state index in [1.54, 1.807) is 29.2 Å². The van der Waals surface area contributed by atoms with Gasteiger partial charge in [0.25, 0.3) is 5.91 Å². The molecule has 1 saturated heterocycles. The average molecular weight is 386 g/mol. The highest BCUT2D eigenvalue weighted by molar-refractivity contribution is 5.96. The molecule has 1 heterocycles. The quantitative estimate of drug-likeness (QED) is 0.806. The molecule has 2 aliphatic rings. The summed E-state index contributed by atoms with van der Waals surface area (Å²) in [5.74, 6) is -0.303. The van der Waals surface area contributed by atoms with Crippen molar-refractivity contribution >= 4 is 23.5 Å². The van der Waals surface area contributed by atoms with Crippen LogP contribution in [0.15, 0.2) is 24.3 Å². The molecule has 28 heavy (non-hydrogen) atoms. The van der Waals surface area contributed by atoms with Crippen molar-refractivity contribution < 1.29 is 19.5 Å². The van der Waals surface area contributed by atoms with Crippen molar-refractivity contribution in [1.82, 2.24) is 4.90 Å². The molecule has 1 aliphatic carbocycles. The zero-order valence-corrected chi connectivity index (χ0v) is 16.5. The Bertz CT molecular complexity index is 700. The number of aliphatic carboxylic acids is 1. The molecular formula is C22H30N2O4. The largest absolute Gasteiger partial charge is 0.481 e. The first-order valence-corrected chi connectivity index (χ1v) is 10.4. The van der Waals surface area contributed by atoms with E-state index in [-0.39, 0.29) is 23.7 Å². The van der Waals surface area contributed by atoms with E-state index >= 15 is 0 Å². The van der Waals surface area contributed by atoms with E-state index in [1.165, 1.54) is 6.42 Å². The Morgan fingerprint density at radius 2 is 1.57 bits per heavy atom. The molecule has 1 saturated carbocycles. The van der Waals surface area contributed by atoms with Crippen LogP contribution < -0.4 is 5.32 Å². The Balaban J connectivity index is 1.51. The zero-order valence-electron chi connectivity index (χ0n) is 16.5. The number of piperidine rings is 1. The molecule has 0 bridgehead atoms. The van der Waals surface area contributed by atoms with Crippen LogP contribution in [-0.2, 0) is 9.59 Å². The second-order valence-electron chi connectivity index (χ2n) is 8.10. The molecule has 0 aromatic heterocycles. The van der Waals surface area contributed by atoms with Crippen molar-refractivity contribution in [2.45, 2.75) is 51.9 Å². The Hall–Kier alpha value is -2.37. The number of hydrogen-bond acceptors (Lipinski definition) is 3. The number of amides is 2. The van der Waals surface area contributed by atoms with E-state index in [2.05, 4.69) is 12.2 Å². The van der Waals surface area contributed by atoms with Gasteiger partial charge in [-0.1, -0.05) is 13.3 Å². The minimum absolute atomic E-state index is 0.0735. The Morgan fingerprint density at radius 1 is 0.964 bits per heavy atom. The van der Waals surface area contributed by atoms with E-state index < -0.39 is 5.97 Å². The highest BCUT2D eigenvalue weighted by atomic mass is 16.4. The van der Waals surface area contributed by atoms with Crippen LogP contribution in [-0.4, -0.2) is 40.9 Å². The standard InChI is InChI=1S/C22H30N2O4/c1-2-15-3-5-16(6-4-15)20(25)23-19-9-7-17(8-10-19)21(26)24-13-11-18(12-14-24)22(27)28/h7-10,15-16,18H,2-6,11-14H2,1H3,(H,23,25)(H,27,28). The molecular weight excluding hydrogens is 356 g/mol. The van der Waals surface area contributed by atoms with Crippen LogP contribution in [0.25, 0.3) is 0 Å². The lowest BCUT2D eigenvalue weighted by Crippen LogP contribution is -2.40. The lowest BCUT2D eigenvalue weighted by molar-refractivity contribution is -0.143. The van der Waals surface area contributed by atoms with Gasteiger partial charge in [-0.15, -0.1) is 0 Å². The molecule has 2 N–H and O–H groups in total. The predicted octanol–water partition coefficient (Wildman–Crippen LogP) is 3.78. The number of benzene rings is 1. The smallest absolute Gasteiger partial charge is 0.306 e. The molecule has 1 aromatic carbocycles. The summed E-state index contributed by atoms with van der Waals surface area (Å²) < 4.78 is 0. The minimum Gasteiger partial charge on any atom is -0.481 e. The normalized spacial score (nSPS) is 23.2. The minimum atomic E-state index is -0.782. The summed E-state index contributed by atoms with van der Waals surface area (Å²) in [6, 6.07) is 7.00. The van der Waals surface area contributed by atoms with Crippen LogP contribution in [0, 0.1) is 17.8 Å². The number of nitrogens with zero attached hydrogens (tertiary/aromatic N) is 1. The molecule has 0 atom stereocenters. The maximum absolute atomic E-state index is 12.6. The second-order valence-corrected chi connectivity index (χ2v) is 8.10. The number of carboxylic acids is 1. The van der Waals surface area contributed by atoms with Crippen molar-refractivity contribution in [3.63, 3.8) is 0 Å². The molecule has 1 aliphatic heterocycles. The monoisotopic (exact) mass is 386 g/mol. The van der Waals surface area contributed by atoms with Crippen molar-refractivity contribution in [3.8, 4) is 0 Å². The van der Waals surface area contributed by atoms with Gasteiger partial charge in [-0.25, -0.2) is 0 Å². The van der Waals surface area contributed by atoms with Crippen LogP contribution in [0.2, 0.25) is 0 Å². The van der Waals surface area contributed by atoms with Crippen LogP contribution >= 0.6 is 0 Å². The van der Waals surface area contributed by atoms with Gasteiger partial charge in [-0.2, -0.15) is 0 Å². The molecule has 0 radical (unpaired) electrons. The van der Waals surface area contributed by atoms with Gasteiger partial charge in [0, 0.05) is 30.3 Å². The first-order valence-electron chi connectivity index (χ1n) is 10.4. The zero-order chi connectivity index (χ0) is 20.1. The van der Waals surface area contributed by atoms with Crippen molar-refractivity contribution in [2.75, 3.05) is 18.4 Å². The van der Waals surface area contributed by atoms with Crippen molar-refractivity contribution in [3.05, 3.63) is 29.8 Å². The van der Waals surface area contributed by atoms with E-state index in [0.29, 0.717) is 37.2 Å². The number of anilines is 1. The number of carbonyl (C=O) groups excluding carboxylic acids is 2. The molecule has 152 valence electrons. The Morgan fingerprint density at radius 3 is 2.11 bits per heavy atom. The molecule has 2 amide bonds. The third-order valence-corrected chi connectivity index (χ3v) is 6.33. The Labute approximate surface area is 166 Å². The summed E-state index contributed by atoms with van der Waals surface area (Å²) in [5.41, 5.74) is 1.28. The van der Waals surface area contributed by atoms with Gasteiger partial charge >= 0.3 is 5.97 Å². The fourth-order valence-corrected chi connectivity index (χ4v) is 4.29. The number of hydrogen-bond donors (Lipinski definition) is 2.